The lowest BCUT2D eigenvalue weighted by Gasteiger charge is -2.33. The van der Waals surface area contributed by atoms with E-state index >= 15 is 0 Å². The minimum Gasteiger partial charge on any atom is -0.463 e. The first-order valence-electron chi connectivity index (χ1n) is 12.0. The Kier molecular flexibility index (Phi) is 19.7. The second kappa shape index (κ2) is 20.4. The van der Waals surface area contributed by atoms with E-state index in [0.717, 1.165) is 19.3 Å². The Labute approximate surface area is 180 Å². The van der Waals surface area contributed by atoms with Crippen LogP contribution in [0.15, 0.2) is 12.7 Å². The number of carbonyl (C=O) groups excluding carboxylic acids is 1. The van der Waals surface area contributed by atoms with E-state index in [2.05, 4.69) is 22.5 Å². The van der Waals surface area contributed by atoms with Crippen molar-refractivity contribution in [2.45, 2.75) is 109 Å². The lowest BCUT2D eigenvalue weighted by molar-refractivity contribution is -0.137. The van der Waals surface area contributed by atoms with Crippen LogP contribution in [0.2, 0.25) is 0 Å². The van der Waals surface area contributed by atoms with Gasteiger partial charge in [-0.05, 0) is 40.4 Å². The van der Waals surface area contributed by atoms with Gasteiger partial charge >= 0.3 is 5.97 Å². The molecule has 5 heteroatoms. The van der Waals surface area contributed by atoms with E-state index in [1.54, 1.807) is 0 Å². The van der Waals surface area contributed by atoms with E-state index in [1.165, 1.54) is 89.5 Å². The Morgan fingerprint density at radius 3 is 1.38 bits per heavy atom. The molecule has 3 N–H and O–H groups in total. The summed E-state index contributed by atoms with van der Waals surface area (Å²) in [6, 6.07) is 0. The van der Waals surface area contributed by atoms with Gasteiger partial charge < -0.3 is 4.74 Å². The number of nitrogens with one attached hydrogen (secondary N) is 3. The molecule has 0 aromatic carbocycles. The van der Waals surface area contributed by atoms with Crippen molar-refractivity contribution in [3.8, 4) is 0 Å². The van der Waals surface area contributed by atoms with Crippen LogP contribution in [-0.2, 0) is 9.53 Å². The van der Waals surface area contributed by atoms with Crippen LogP contribution in [0, 0.1) is 0 Å². The summed E-state index contributed by atoms with van der Waals surface area (Å²) in [5, 5.41) is 10.0. The maximum atomic E-state index is 10.9. The molecule has 0 aliphatic carbocycles. The first kappa shape index (κ1) is 28.1. The second-order valence-electron chi connectivity index (χ2n) is 8.08. The van der Waals surface area contributed by atoms with Crippen molar-refractivity contribution in [2.24, 2.45) is 0 Å². The van der Waals surface area contributed by atoms with Crippen molar-refractivity contribution in [1.29, 1.82) is 0 Å². The quantitative estimate of drug-likeness (QED) is 0.0980. The monoisotopic (exact) mass is 411 g/mol. The summed E-state index contributed by atoms with van der Waals surface area (Å²) in [4.78, 5) is 10.9. The van der Waals surface area contributed by atoms with Gasteiger partial charge in [-0.15, -0.1) is 0 Å². The summed E-state index contributed by atoms with van der Waals surface area (Å²) in [6.45, 7) is 3.93. The number of carbonyl (C=O) groups is 1. The zero-order valence-corrected chi connectivity index (χ0v) is 19.6. The van der Waals surface area contributed by atoms with Crippen LogP contribution in [-0.4, -0.2) is 39.5 Å². The van der Waals surface area contributed by atoms with Crippen LogP contribution in [0.4, 0.5) is 0 Å². The highest BCUT2D eigenvalue weighted by Gasteiger charge is 2.21. The molecular weight excluding hydrogens is 362 g/mol. The van der Waals surface area contributed by atoms with Gasteiger partial charge in [0.2, 0.25) is 0 Å². The molecule has 0 saturated carbocycles. The highest BCUT2D eigenvalue weighted by Crippen LogP contribution is 2.15. The van der Waals surface area contributed by atoms with Gasteiger partial charge in [-0.1, -0.05) is 90.0 Å². The molecule has 172 valence electrons. The Balaban J connectivity index is 3.22. The summed E-state index contributed by atoms with van der Waals surface area (Å²) in [6.07, 6.45) is 22.0. The predicted octanol–water partition coefficient (Wildman–Crippen LogP) is 5.27. The molecule has 0 heterocycles. The maximum absolute atomic E-state index is 10.9. The fraction of sp³-hybridized carbons (Fsp3) is 0.875. The standard InChI is InChI=1S/C24H49N3O2/c1-5-23(28)29-22-20-18-16-14-12-10-8-6-7-9-11-13-15-17-19-21-24(25-2,26-3)27-4/h5,25-27H,1,6-22H2,2-4H3. The van der Waals surface area contributed by atoms with E-state index in [0.29, 0.717) is 6.61 Å². The van der Waals surface area contributed by atoms with E-state index in [-0.39, 0.29) is 11.8 Å². The van der Waals surface area contributed by atoms with Crippen LogP contribution in [0.5, 0.6) is 0 Å². The number of esters is 1. The maximum Gasteiger partial charge on any atom is 0.330 e. The first-order chi connectivity index (χ1) is 14.1. The van der Waals surface area contributed by atoms with Crippen molar-refractivity contribution in [2.75, 3.05) is 27.7 Å². The van der Waals surface area contributed by atoms with Crippen molar-refractivity contribution in [1.82, 2.24) is 16.0 Å². The molecule has 0 rings (SSSR count). The molecule has 29 heavy (non-hydrogen) atoms. The summed E-state index contributed by atoms with van der Waals surface area (Å²) >= 11 is 0. The van der Waals surface area contributed by atoms with E-state index in [4.69, 9.17) is 4.74 Å². The van der Waals surface area contributed by atoms with Crippen LogP contribution < -0.4 is 16.0 Å². The lowest BCUT2D eigenvalue weighted by atomic mass is 10.0. The van der Waals surface area contributed by atoms with Gasteiger partial charge in [0.15, 0.2) is 0 Å². The first-order valence-corrected chi connectivity index (χ1v) is 12.0. The summed E-state index contributed by atoms with van der Waals surface area (Å²) in [7, 11) is 6.00. The van der Waals surface area contributed by atoms with Gasteiger partial charge in [-0.2, -0.15) is 0 Å². The fourth-order valence-electron chi connectivity index (χ4n) is 3.77. The van der Waals surface area contributed by atoms with E-state index in [1.807, 2.05) is 21.1 Å². The molecule has 0 unspecified atom stereocenters. The average molecular weight is 412 g/mol. The zero-order chi connectivity index (χ0) is 21.6. The van der Waals surface area contributed by atoms with Crippen LogP contribution in [0.1, 0.15) is 103 Å². The summed E-state index contributed by atoms with van der Waals surface area (Å²) in [5.41, 5.74) is 0. The van der Waals surface area contributed by atoms with Crippen molar-refractivity contribution in [3.05, 3.63) is 12.7 Å². The second-order valence-corrected chi connectivity index (χ2v) is 8.08. The zero-order valence-electron chi connectivity index (χ0n) is 19.6. The SMILES string of the molecule is C=CC(=O)OCCCCCCCCCCCCCCCCCC(NC)(NC)NC. The van der Waals surface area contributed by atoms with Crippen LogP contribution >= 0.6 is 0 Å². The van der Waals surface area contributed by atoms with Crippen molar-refractivity contribution in [3.63, 3.8) is 0 Å². The van der Waals surface area contributed by atoms with Gasteiger partial charge in [-0.25, -0.2) is 4.79 Å². The third kappa shape index (κ3) is 16.6. The number of hydrogen-bond donors (Lipinski definition) is 3. The molecule has 0 aliphatic rings. The molecule has 0 fully saturated rings. The topological polar surface area (TPSA) is 62.4 Å². The Hall–Kier alpha value is -0.910. The molecule has 0 atom stereocenters. The molecule has 0 bridgehead atoms. The highest BCUT2D eigenvalue weighted by atomic mass is 16.5. The molecule has 0 radical (unpaired) electrons. The molecule has 0 amide bonds. The van der Waals surface area contributed by atoms with Crippen molar-refractivity contribution >= 4 is 5.97 Å². The number of unbranched alkanes of at least 4 members (excludes halogenated alkanes) is 14. The third-order valence-electron chi connectivity index (χ3n) is 5.89. The lowest BCUT2D eigenvalue weighted by Crippen LogP contribution is -2.63. The van der Waals surface area contributed by atoms with Crippen molar-refractivity contribution < 1.29 is 9.53 Å². The van der Waals surface area contributed by atoms with E-state index in [9.17, 15) is 4.79 Å². The van der Waals surface area contributed by atoms with Crippen LogP contribution in [0.25, 0.3) is 0 Å². The fourth-order valence-corrected chi connectivity index (χ4v) is 3.77. The van der Waals surface area contributed by atoms with Gasteiger partial charge in [0, 0.05) is 6.08 Å². The molecule has 0 aromatic heterocycles. The third-order valence-corrected chi connectivity index (χ3v) is 5.89. The largest absolute Gasteiger partial charge is 0.463 e. The van der Waals surface area contributed by atoms with Gasteiger partial charge in [0.05, 0.1) is 6.61 Å². The molecule has 5 nitrogen and oxygen atoms in total. The number of ether oxygens (including phenoxy) is 1. The van der Waals surface area contributed by atoms with E-state index < -0.39 is 0 Å². The van der Waals surface area contributed by atoms with Crippen LogP contribution in [0.3, 0.4) is 0 Å². The smallest absolute Gasteiger partial charge is 0.330 e. The highest BCUT2D eigenvalue weighted by molar-refractivity contribution is 5.81. The Morgan fingerprint density at radius 1 is 0.690 bits per heavy atom. The molecule has 0 aliphatic heterocycles. The molecule has 0 aromatic rings. The van der Waals surface area contributed by atoms with Gasteiger partial charge in [0.25, 0.3) is 0 Å². The Morgan fingerprint density at radius 2 is 1.03 bits per heavy atom. The Bertz CT molecular complexity index is 376. The normalized spacial score (nSPS) is 11.6. The predicted molar refractivity (Wildman–Crippen MR) is 125 cm³/mol. The van der Waals surface area contributed by atoms with Gasteiger partial charge in [0.1, 0.15) is 5.79 Å². The number of rotatable bonds is 22. The molecular formula is C24H49N3O2. The summed E-state index contributed by atoms with van der Waals surface area (Å²) < 4.78 is 4.97. The summed E-state index contributed by atoms with van der Waals surface area (Å²) in [5.74, 6) is -0.417. The van der Waals surface area contributed by atoms with Gasteiger partial charge in [-0.3, -0.25) is 16.0 Å². The average Bonchev–Trinajstić information content (AvgIpc) is 2.75. The number of hydrogen-bond acceptors (Lipinski definition) is 5. The molecule has 0 spiro atoms. The minimum atomic E-state index is -0.306. The molecule has 0 saturated heterocycles. The minimum absolute atomic E-state index is 0.111.